The molecule has 0 saturated heterocycles. The molecule has 36 heavy (non-hydrogen) atoms. The minimum Gasteiger partial charge on any atom is -0.488 e. The van der Waals surface area contributed by atoms with E-state index in [0.29, 0.717) is 31.4 Å². The van der Waals surface area contributed by atoms with Crippen LogP contribution in [0.25, 0.3) is 0 Å². The fourth-order valence-electron chi connectivity index (χ4n) is 3.69. The summed E-state index contributed by atoms with van der Waals surface area (Å²) in [4.78, 5) is 12.5. The molecule has 0 radical (unpaired) electrons. The van der Waals surface area contributed by atoms with E-state index in [1.807, 2.05) is 6.92 Å². The zero-order chi connectivity index (χ0) is 27.6. The molecular formula is C27H32F6O3. The second kappa shape index (κ2) is 10.3. The number of esters is 1. The van der Waals surface area contributed by atoms with Crippen LogP contribution in [0.4, 0.5) is 26.3 Å². The number of ether oxygens (including phenoxy) is 2. The predicted molar refractivity (Wildman–Crippen MR) is 125 cm³/mol. The summed E-state index contributed by atoms with van der Waals surface area (Å²) in [6.45, 7) is 10.6. The molecule has 0 saturated carbocycles. The highest BCUT2D eigenvalue weighted by molar-refractivity contribution is 5.78. The number of hydrogen-bond donors (Lipinski definition) is 0. The Bertz CT molecular complexity index is 1000. The number of rotatable bonds is 9. The molecule has 0 aromatic heterocycles. The molecule has 0 N–H and O–H groups in total. The average Bonchev–Trinajstić information content (AvgIpc) is 2.79. The maximum atomic E-state index is 14.4. The standard InChI is InChI=1S/C27H32F6O3/c1-7-23(4,5)36-21-16-12-19(13-17-21)25(26(28,29)30,27(31,32)33)18-10-14-20(15-11-18)35-22(34)24(6,8-2)9-3/h10-17H,7-9H2,1-6H3. The van der Waals surface area contributed by atoms with Gasteiger partial charge in [0.1, 0.15) is 17.1 Å². The number of carbonyl (C=O) groups is 1. The molecule has 2 aromatic rings. The topological polar surface area (TPSA) is 35.5 Å². The average molecular weight is 519 g/mol. The largest absolute Gasteiger partial charge is 0.488 e. The van der Waals surface area contributed by atoms with Crippen LogP contribution in [0, 0.1) is 5.41 Å². The molecular weight excluding hydrogens is 486 g/mol. The van der Waals surface area contributed by atoms with Gasteiger partial charge in [-0.05, 0) is 75.4 Å². The minimum atomic E-state index is -5.72. The molecule has 0 aliphatic rings. The van der Waals surface area contributed by atoms with Crippen molar-refractivity contribution in [3.8, 4) is 11.5 Å². The van der Waals surface area contributed by atoms with Crippen LogP contribution in [0.3, 0.4) is 0 Å². The summed E-state index contributed by atoms with van der Waals surface area (Å²) in [5, 5.41) is 0. The highest BCUT2D eigenvalue weighted by Crippen LogP contribution is 2.56. The summed E-state index contributed by atoms with van der Waals surface area (Å²) in [6.07, 6.45) is -9.95. The van der Waals surface area contributed by atoms with Gasteiger partial charge in [-0.25, -0.2) is 0 Å². The first kappa shape index (κ1) is 29.5. The van der Waals surface area contributed by atoms with E-state index in [4.69, 9.17) is 9.47 Å². The summed E-state index contributed by atoms with van der Waals surface area (Å²) in [5.74, 6) is -0.592. The van der Waals surface area contributed by atoms with Gasteiger partial charge >= 0.3 is 18.3 Å². The molecule has 0 atom stereocenters. The van der Waals surface area contributed by atoms with Crippen LogP contribution in [0.1, 0.15) is 71.9 Å². The summed E-state index contributed by atoms with van der Waals surface area (Å²) in [7, 11) is 0. The van der Waals surface area contributed by atoms with Gasteiger partial charge in [0.2, 0.25) is 5.41 Å². The smallest absolute Gasteiger partial charge is 0.411 e. The van der Waals surface area contributed by atoms with E-state index in [1.165, 1.54) is 0 Å². The Morgan fingerprint density at radius 1 is 0.667 bits per heavy atom. The zero-order valence-corrected chi connectivity index (χ0v) is 21.2. The Hall–Kier alpha value is -2.71. The first-order valence-corrected chi connectivity index (χ1v) is 11.7. The number of benzene rings is 2. The number of halogens is 6. The molecule has 0 fully saturated rings. The minimum absolute atomic E-state index is 0.138. The Morgan fingerprint density at radius 2 is 1.06 bits per heavy atom. The van der Waals surface area contributed by atoms with Crippen molar-refractivity contribution < 1.29 is 40.6 Å². The number of alkyl halides is 6. The van der Waals surface area contributed by atoms with Crippen molar-refractivity contribution in [2.45, 2.75) is 84.2 Å². The van der Waals surface area contributed by atoms with Gasteiger partial charge in [0.15, 0.2) is 0 Å². The van der Waals surface area contributed by atoms with E-state index < -0.39 is 45.9 Å². The molecule has 0 bridgehead atoms. The molecule has 3 nitrogen and oxygen atoms in total. The lowest BCUT2D eigenvalue weighted by atomic mass is 9.73. The van der Waals surface area contributed by atoms with Crippen LogP contribution >= 0.6 is 0 Å². The van der Waals surface area contributed by atoms with Crippen molar-refractivity contribution >= 4 is 5.97 Å². The van der Waals surface area contributed by atoms with Crippen molar-refractivity contribution in [3.05, 3.63) is 59.7 Å². The van der Waals surface area contributed by atoms with Crippen LogP contribution < -0.4 is 9.47 Å². The van der Waals surface area contributed by atoms with Gasteiger partial charge in [0.25, 0.3) is 0 Å². The van der Waals surface area contributed by atoms with E-state index in [0.717, 1.165) is 36.4 Å². The van der Waals surface area contributed by atoms with Crippen molar-refractivity contribution in [1.82, 2.24) is 0 Å². The lowest BCUT2D eigenvalue weighted by molar-refractivity contribution is -0.288. The van der Waals surface area contributed by atoms with E-state index >= 15 is 0 Å². The zero-order valence-electron chi connectivity index (χ0n) is 21.2. The summed E-state index contributed by atoms with van der Waals surface area (Å²) >= 11 is 0. The van der Waals surface area contributed by atoms with Crippen LogP contribution in [0.15, 0.2) is 48.5 Å². The van der Waals surface area contributed by atoms with Crippen LogP contribution in [0.2, 0.25) is 0 Å². The monoisotopic (exact) mass is 518 g/mol. The number of carbonyl (C=O) groups excluding carboxylic acids is 1. The molecule has 9 heteroatoms. The Balaban J connectivity index is 2.58. The van der Waals surface area contributed by atoms with Gasteiger partial charge in [-0.15, -0.1) is 0 Å². The summed E-state index contributed by atoms with van der Waals surface area (Å²) in [6, 6.07) is 7.07. The van der Waals surface area contributed by atoms with Crippen molar-refractivity contribution in [1.29, 1.82) is 0 Å². The molecule has 0 aliphatic heterocycles. The maximum absolute atomic E-state index is 14.4. The third-order valence-electron chi connectivity index (χ3n) is 6.93. The first-order chi connectivity index (χ1) is 16.5. The third-order valence-corrected chi connectivity index (χ3v) is 6.93. The SMILES string of the molecule is CCC(C)(C)Oc1ccc(C(c2ccc(OC(=O)C(C)(CC)CC)cc2)(C(F)(F)F)C(F)(F)F)cc1. The van der Waals surface area contributed by atoms with Crippen molar-refractivity contribution in [2.75, 3.05) is 0 Å². The molecule has 0 heterocycles. The van der Waals surface area contributed by atoms with Crippen LogP contribution in [-0.2, 0) is 10.2 Å². The normalized spacial score (nSPS) is 13.4. The summed E-state index contributed by atoms with van der Waals surface area (Å²) < 4.78 is 97.3. The molecule has 0 unspecified atom stereocenters. The van der Waals surface area contributed by atoms with E-state index in [2.05, 4.69) is 0 Å². The Labute approximate surface area is 207 Å². The lowest BCUT2D eigenvalue weighted by Gasteiger charge is -2.38. The molecule has 0 spiro atoms. The highest BCUT2D eigenvalue weighted by atomic mass is 19.4. The van der Waals surface area contributed by atoms with Crippen molar-refractivity contribution in [2.24, 2.45) is 5.41 Å². The van der Waals surface area contributed by atoms with E-state index in [1.54, 1.807) is 34.6 Å². The molecule has 200 valence electrons. The molecule has 2 aromatic carbocycles. The van der Waals surface area contributed by atoms with Gasteiger partial charge in [0.05, 0.1) is 5.41 Å². The Morgan fingerprint density at radius 3 is 1.39 bits per heavy atom. The molecule has 2 rings (SSSR count). The quantitative estimate of drug-likeness (QED) is 0.190. The maximum Gasteiger partial charge on any atom is 0.411 e. The fourth-order valence-corrected chi connectivity index (χ4v) is 3.69. The third kappa shape index (κ3) is 5.65. The predicted octanol–water partition coefficient (Wildman–Crippen LogP) is 8.40. The summed E-state index contributed by atoms with van der Waals surface area (Å²) in [5.41, 5.74) is -7.82. The van der Waals surface area contributed by atoms with Gasteiger partial charge in [-0.3, -0.25) is 4.79 Å². The van der Waals surface area contributed by atoms with Crippen LogP contribution in [0.5, 0.6) is 11.5 Å². The second-order valence-electron chi connectivity index (χ2n) is 9.67. The molecule has 0 amide bonds. The molecule has 0 aliphatic carbocycles. The highest BCUT2D eigenvalue weighted by Gasteiger charge is 2.72. The van der Waals surface area contributed by atoms with Gasteiger partial charge in [-0.2, -0.15) is 26.3 Å². The van der Waals surface area contributed by atoms with Crippen LogP contribution in [-0.4, -0.2) is 23.9 Å². The van der Waals surface area contributed by atoms with Gasteiger partial charge in [0, 0.05) is 0 Å². The van der Waals surface area contributed by atoms with Crippen molar-refractivity contribution in [3.63, 3.8) is 0 Å². The van der Waals surface area contributed by atoms with E-state index in [-0.39, 0.29) is 11.5 Å². The second-order valence-corrected chi connectivity index (χ2v) is 9.67. The lowest BCUT2D eigenvalue weighted by Crippen LogP contribution is -2.54. The number of hydrogen-bond acceptors (Lipinski definition) is 3. The van der Waals surface area contributed by atoms with Gasteiger partial charge < -0.3 is 9.47 Å². The Kier molecular flexibility index (Phi) is 8.48. The first-order valence-electron chi connectivity index (χ1n) is 11.7. The fraction of sp³-hybridized carbons (Fsp3) is 0.519. The van der Waals surface area contributed by atoms with Gasteiger partial charge in [-0.1, -0.05) is 45.0 Å². The van der Waals surface area contributed by atoms with E-state index in [9.17, 15) is 31.1 Å².